The lowest BCUT2D eigenvalue weighted by Crippen LogP contribution is -1.94. The van der Waals surface area contributed by atoms with Crippen LogP contribution < -0.4 is 0 Å². The fraction of sp³-hybridized carbons (Fsp3) is 0. The summed E-state index contributed by atoms with van der Waals surface area (Å²) in [5.41, 5.74) is 26.6. The van der Waals surface area contributed by atoms with Crippen molar-refractivity contribution in [2.24, 2.45) is 0 Å². The summed E-state index contributed by atoms with van der Waals surface area (Å²) < 4.78 is 9.57. The second kappa shape index (κ2) is 22.8. The summed E-state index contributed by atoms with van der Waals surface area (Å²) >= 11 is 0. The minimum absolute atomic E-state index is 1.15. The highest BCUT2D eigenvalue weighted by Crippen LogP contribution is 2.44. The Hall–Kier alpha value is -12.5. The first-order valence-corrected chi connectivity index (χ1v) is 32.3. The molecule has 0 radical (unpaired) electrons. The number of hydrogen-bond donors (Lipinski definition) is 0. The van der Waals surface area contributed by atoms with Crippen molar-refractivity contribution in [2.75, 3.05) is 0 Å². The molecule has 19 aromatic rings. The Morgan fingerprint density at radius 1 is 0.138 bits per heavy atom. The third kappa shape index (κ3) is 9.14. The summed E-state index contributed by atoms with van der Waals surface area (Å²) in [6.45, 7) is 0. The Labute approximate surface area is 544 Å². The molecular formula is C90H60N4. The fourth-order valence-electron chi connectivity index (χ4n) is 14.8. The molecule has 4 heteroatoms. The predicted molar refractivity (Wildman–Crippen MR) is 397 cm³/mol. The van der Waals surface area contributed by atoms with Gasteiger partial charge in [0.2, 0.25) is 0 Å². The summed E-state index contributed by atoms with van der Waals surface area (Å²) in [5.74, 6) is 0. The van der Waals surface area contributed by atoms with E-state index in [-0.39, 0.29) is 0 Å². The van der Waals surface area contributed by atoms with Crippen LogP contribution in [0.2, 0.25) is 0 Å². The molecule has 440 valence electrons. The third-order valence-electron chi connectivity index (χ3n) is 19.0. The lowest BCUT2D eigenvalue weighted by atomic mass is 9.97. The molecule has 15 aromatic carbocycles. The van der Waals surface area contributed by atoms with Crippen LogP contribution in [0.15, 0.2) is 364 Å². The quantitative estimate of drug-likeness (QED) is 0.137. The molecule has 19 rings (SSSR count). The summed E-state index contributed by atoms with van der Waals surface area (Å²) in [6.07, 6.45) is 0. The van der Waals surface area contributed by atoms with Crippen LogP contribution in [-0.4, -0.2) is 18.3 Å². The first kappa shape index (κ1) is 54.4. The van der Waals surface area contributed by atoms with E-state index in [0.29, 0.717) is 0 Å². The number of fused-ring (bicyclic) bond motifs is 12. The second-order valence-corrected chi connectivity index (χ2v) is 24.4. The molecule has 4 nitrogen and oxygen atoms in total. The van der Waals surface area contributed by atoms with E-state index >= 15 is 0 Å². The van der Waals surface area contributed by atoms with Crippen molar-refractivity contribution >= 4 is 87.2 Å². The van der Waals surface area contributed by atoms with Gasteiger partial charge in [-0.25, -0.2) is 0 Å². The Balaban J connectivity index is 0.000000139. The Morgan fingerprint density at radius 3 is 0.777 bits per heavy atom. The van der Waals surface area contributed by atoms with E-state index in [1.807, 2.05) is 0 Å². The monoisotopic (exact) mass is 1200 g/mol. The number of hydrogen-bond acceptors (Lipinski definition) is 0. The maximum absolute atomic E-state index is 2.42. The minimum atomic E-state index is 1.15. The molecule has 0 aliphatic rings. The van der Waals surface area contributed by atoms with Crippen molar-refractivity contribution in [2.45, 2.75) is 0 Å². The van der Waals surface area contributed by atoms with Crippen LogP contribution in [0.4, 0.5) is 0 Å². The molecule has 0 atom stereocenters. The molecule has 0 saturated carbocycles. The fourth-order valence-corrected chi connectivity index (χ4v) is 14.8. The van der Waals surface area contributed by atoms with Gasteiger partial charge in [0.1, 0.15) is 0 Å². The Kier molecular flexibility index (Phi) is 13.2. The molecule has 0 spiro atoms. The molecule has 94 heavy (non-hydrogen) atoms. The summed E-state index contributed by atoms with van der Waals surface area (Å²) in [7, 11) is 0. The van der Waals surface area contributed by atoms with E-state index in [1.54, 1.807) is 0 Å². The topological polar surface area (TPSA) is 19.7 Å². The van der Waals surface area contributed by atoms with E-state index in [9.17, 15) is 0 Å². The molecule has 0 N–H and O–H groups in total. The number of para-hydroxylation sites is 5. The highest BCUT2D eigenvalue weighted by Gasteiger charge is 2.21. The van der Waals surface area contributed by atoms with Crippen molar-refractivity contribution < 1.29 is 0 Å². The molecule has 0 fully saturated rings. The number of nitrogens with zero attached hydrogens (tertiary/aromatic N) is 4. The van der Waals surface area contributed by atoms with Crippen molar-refractivity contribution in [3.05, 3.63) is 364 Å². The van der Waals surface area contributed by atoms with Crippen molar-refractivity contribution in [1.82, 2.24) is 18.3 Å². The van der Waals surface area contributed by atoms with E-state index in [1.165, 1.54) is 160 Å². The van der Waals surface area contributed by atoms with E-state index in [0.717, 1.165) is 5.69 Å². The number of benzene rings is 15. The van der Waals surface area contributed by atoms with Gasteiger partial charge in [0.05, 0.1) is 44.1 Å². The van der Waals surface area contributed by atoms with Gasteiger partial charge < -0.3 is 18.3 Å². The first-order valence-electron chi connectivity index (χ1n) is 32.3. The van der Waals surface area contributed by atoms with E-state index < -0.39 is 0 Å². The van der Waals surface area contributed by atoms with Crippen LogP contribution in [0.25, 0.3) is 166 Å². The lowest BCUT2D eigenvalue weighted by molar-refractivity contribution is 1.18. The van der Waals surface area contributed by atoms with E-state index in [2.05, 4.69) is 382 Å². The number of rotatable bonds is 9. The Bertz CT molecular complexity index is 6040. The summed E-state index contributed by atoms with van der Waals surface area (Å²) in [6, 6.07) is 132. The van der Waals surface area contributed by atoms with Gasteiger partial charge in [-0.3, -0.25) is 0 Å². The van der Waals surface area contributed by atoms with Crippen molar-refractivity contribution in [3.63, 3.8) is 0 Å². The van der Waals surface area contributed by atoms with Gasteiger partial charge in [-0.1, -0.05) is 243 Å². The zero-order valence-corrected chi connectivity index (χ0v) is 51.4. The average molecular weight is 1200 g/mol. The standard InChI is InChI=1S/C48H32N2.C42H28N2/c1-4-13-33(14-5-1)34-23-27-39(28-24-34)50-46-30-26-37(32-43(46)48-40(20-12-22-47(48)50)35-15-6-2-7-16-35)36-25-29-45-42(31-36)41-19-10-11-21-44(41)49(45)38-17-8-3-9-18-38;1-4-13-29(14-5-1)34-20-12-22-41-42(34)37-28-31(24-26-40(37)44(41)33-17-8-3-9-18-33)30-23-25-39-36(27-30)35-19-10-11-21-38(35)43(39)32-15-6-2-7-16-32/h1-32H;1-28H. The Morgan fingerprint density at radius 2 is 0.394 bits per heavy atom. The van der Waals surface area contributed by atoms with Gasteiger partial charge in [-0.05, 0) is 177 Å². The first-order chi connectivity index (χ1) is 46.7. The second-order valence-electron chi connectivity index (χ2n) is 24.4. The van der Waals surface area contributed by atoms with Crippen molar-refractivity contribution in [1.29, 1.82) is 0 Å². The zero-order chi connectivity index (χ0) is 62.1. The van der Waals surface area contributed by atoms with Gasteiger partial charge in [0, 0.05) is 65.8 Å². The van der Waals surface area contributed by atoms with Gasteiger partial charge in [0.25, 0.3) is 0 Å². The molecule has 0 aliphatic heterocycles. The highest BCUT2D eigenvalue weighted by atomic mass is 15.0. The smallest absolute Gasteiger partial charge is 0.0547 e. The van der Waals surface area contributed by atoms with Gasteiger partial charge >= 0.3 is 0 Å². The third-order valence-corrected chi connectivity index (χ3v) is 19.0. The van der Waals surface area contributed by atoms with Crippen LogP contribution >= 0.6 is 0 Å². The largest absolute Gasteiger partial charge is 0.309 e. The summed E-state index contributed by atoms with van der Waals surface area (Å²) in [4.78, 5) is 0. The van der Waals surface area contributed by atoms with Crippen LogP contribution in [0.1, 0.15) is 0 Å². The van der Waals surface area contributed by atoms with Gasteiger partial charge in [0.15, 0.2) is 0 Å². The lowest BCUT2D eigenvalue weighted by Gasteiger charge is -2.10. The highest BCUT2D eigenvalue weighted by molar-refractivity contribution is 6.19. The van der Waals surface area contributed by atoms with Gasteiger partial charge in [-0.15, -0.1) is 0 Å². The SMILES string of the molecule is c1ccc(-c2ccc(-n3c4ccc(-c5ccc6c(c5)c5ccccc5n6-c5ccccc5)cc4c4c(-c5ccccc5)cccc43)cc2)cc1.c1ccc(-c2cccc3c2c2cc(-c4ccc5c(c4)c4ccccc4n5-c4ccccc4)ccc2n3-c2ccccc2)cc1. The van der Waals surface area contributed by atoms with Crippen LogP contribution in [0.3, 0.4) is 0 Å². The van der Waals surface area contributed by atoms with Crippen molar-refractivity contribution in [3.8, 4) is 78.4 Å². The minimum Gasteiger partial charge on any atom is -0.309 e. The average Bonchev–Trinajstić information content (AvgIpc) is 1.59. The van der Waals surface area contributed by atoms with Crippen LogP contribution in [0.5, 0.6) is 0 Å². The molecule has 0 aliphatic carbocycles. The van der Waals surface area contributed by atoms with Crippen LogP contribution in [-0.2, 0) is 0 Å². The molecule has 4 heterocycles. The zero-order valence-electron chi connectivity index (χ0n) is 51.4. The molecule has 0 bridgehead atoms. The van der Waals surface area contributed by atoms with Crippen LogP contribution in [0, 0.1) is 0 Å². The molecular weight excluding hydrogens is 1140 g/mol. The summed E-state index contributed by atoms with van der Waals surface area (Å²) in [5, 5.41) is 10.1. The maximum Gasteiger partial charge on any atom is 0.0547 e. The maximum atomic E-state index is 2.42. The molecule has 0 unspecified atom stereocenters. The predicted octanol–water partition coefficient (Wildman–Crippen LogP) is 24.1. The molecule has 0 saturated heterocycles. The molecule has 0 amide bonds. The van der Waals surface area contributed by atoms with E-state index in [4.69, 9.17) is 0 Å². The molecule has 4 aromatic heterocycles. The van der Waals surface area contributed by atoms with Gasteiger partial charge in [-0.2, -0.15) is 0 Å². The number of aromatic nitrogens is 4. The normalized spacial score (nSPS) is 11.6.